The Morgan fingerprint density at radius 3 is 3.18 bits per heavy atom. The largest absolute Gasteiger partial charge is 0.481 e. The summed E-state index contributed by atoms with van der Waals surface area (Å²) in [6, 6.07) is 1.84. The molecule has 0 aromatic carbocycles. The number of hydrogen-bond donors (Lipinski definition) is 1. The average molecular weight is 253 g/mol. The summed E-state index contributed by atoms with van der Waals surface area (Å²) in [5.74, 6) is -0.166. The van der Waals surface area contributed by atoms with E-state index in [-0.39, 0.29) is 5.92 Å². The van der Waals surface area contributed by atoms with Crippen molar-refractivity contribution in [3.05, 3.63) is 12.3 Å². The minimum absolute atomic E-state index is 0.281. The van der Waals surface area contributed by atoms with Crippen molar-refractivity contribution in [1.82, 2.24) is 9.97 Å². The maximum Gasteiger partial charge on any atom is 0.308 e. The van der Waals surface area contributed by atoms with Gasteiger partial charge in [-0.25, -0.2) is 9.97 Å². The van der Waals surface area contributed by atoms with Gasteiger partial charge in [0.05, 0.1) is 5.92 Å². The first-order valence-electron chi connectivity index (χ1n) is 5.55. The highest BCUT2D eigenvalue weighted by molar-refractivity contribution is 7.98. The smallest absolute Gasteiger partial charge is 0.308 e. The molecule has 1 N–H and O–H groups in total. The van der Waals surface area contributed by atoms with Gasteiger partial charge in [0.15, 0.2) is 5.16 Å². The number of thioether (sulfide) groups is 1. The molecular formula is C11H15N3O2S. The first-order chi connectivity index (χ1) is 8.20. The summed E-state index contributed by atoms with van der Waals surface area (Å²) in [6.07, 6.45) is 5.30. The normalized spacial score (nSPS) is 20.3. The highest BCUT2D eigenvalue weighted by Crippen LogP contribution is 2.22. The summed E-state index contributed by atoms with van der Waals surface area (Å²) >= 11 is 1.49. The predicted molar refractivity (Wildman–Crippen MR) is 66.4 cm³/mol. The number of hydrogen-bond acceptors (Lipinski definition) is 5. The van der Waals surface area contributed by atoms with Gasteiger partial charge in [0.25, 0.3) is 0 Å². The first-order valence-corrected chi connectivity index (χ1v) is 6.78. The van der Waals surface area contributed by atoms with Crippen LogP contribution < -0.4 is 4.90 Å². The molecule has 2 rings (SSSR count). The fourth-order valence-corrected chi connectivity index (χ4v) is 2.34. The molecule has 0 amide bonds. The van der Waals surface area contributed by atoms with E-state index < -0.39 is 5.97 Å². The number of anilines is 1. The lowest BCUT2D eigenvalue weighted by Crippen LogP contribution is -2.39. The summed E-state index contributed by atoms with van der Waals surface area (Å²) in [7, 11) is 0. The van der Waals surface area contributed by atoms with Gasteiger partial charge in [-0.1, -0.05) is 11.8 Å². The number of carboxylic acids is 1. The van der Waals surface area contributed by atoms with Crippen molar-refractivity contribution in [2.75, 3.05) is 24.2 Å². The second kappa shape index (κ2) is 5.35. The van der Waals surface area contributed by atoms with Crippen LogP contribution in [0.15, 0.2) is 17.4 Å². The summed E-state index contributed by atoms with van der Waals surface area (Å²) in [5.41, 5.74) is 0. The van der Waals surface area contributed by atoms with Crippen LogP contribution in [0, 0.1) is 5.92 Å². The molecule has 1 aliphatic rings. The van der Waals surface area contributed by atoms with Crippen molar-refractivity contribution >= 4 is 23.5 Å². The highest BCUT2D eigenvalue weighted by Gasteiger charge is 2.26. The number of piperidine rings is 1. The predicted octanol–water partition coefficient (Wildman–Crippen LogP) is 1.50. The van der Waals surface area contributed by atoms with Gasteiger partial charge in [0, 0.05) is 19.3 Å². The zero-order valence-corrected chi connectivity index (χ0v) is 10.5. The van der Waals surface area contributed by atoms with Crippen molar-refractivity contribution in [3.63, 3.8) is 0 Å². The van der Waals surface area contributed by atoms with E-state index in [0.717, 1.165) is 30.4 Å². The molecule has 1 saturated heterocycles. The van der Waals surface area contributed by atoms with E-state index in [1.807, 2.05) is 17.2 Å². The van der Waals surface area contributed by atoms with Gasteiger partial charge >= 0.3 is 5.97 Å². The Morgan fingerprint density at radius 1 is 1.65 bits per heavy atom. The number of carboxylic acid groups (broad SMARTS) is 1. The van der Waals surface area contributed by atoms with E-state index in [4.69, 9.17) is 5.11 Å². The monoisotopic (exact) mass is 253 g/mol. The number of rotatable bonds is 3. The lowest BCUT2D eigenvalue weighted by atomic mass is 9.98. The maximum atomic E-state index is 11.0. The number of aromatic nitrogens is 2. The third kappa shape index (κ3) is 2.88. The van der Waals surface area contributed by atoms with Gasteiger partial charge in [-0.15, -0.1) is 0 Å². The van der Waals surface area contributed by atoms with Crippen LogP contribution >= 0.6 is 11.8 Å². The van der Waals surface area contributed by atoms with E-state index >= 15 is 0 Å². The minimum atomic E-state index is -0.714. The molecule has 0 aliphatic carbocycles. The van der Waals surface area contributed by atoms with Crippen LogP contribution in [0.4, 0.5) is 5.82 Å². The number of nitrogens with zero attached hydrogens (tertiary/aromatic N) is 3. The standard InChI is InChI=1S/C11H15N3O2S/c1-17-11-12-5-4-9(13-11)14-6-2-3-8(7-14)10(15)16/h4-5,8H,2-3,6-7H2,1H3,(H,15,16)/t8-/m0/s1. The average Bonchev–Trinajstić information content (AvgIpc) is 2.39. The molecule has 0 bridgehead atoms. The topological polar surface area (TPSA) is 66.3 Å². The van der Waals surface area contributed by atoms with Crippen LogP contribution in [0.2, 0.25) is 0 Å². The molecule has 0 radical (unpaired) electrons. The van der Waals surface area contributed by atoms with E-state index in [0.29, 0.717) is 6.54 Å². The van der Waals surface area contributed by atoms with Gasteiger partial charge in [-0.05, 0) is 25.2 Å². The molecule has 5 nitrogen and oxygen atoms in total. The second-order valence-electron chi connectivity index (χ2n) is 4.02. The van der Waals surface area contributed by atoms with Gasteiger partial charge in [0.2, 0.25) is 0 Å². The Labute approximate surface area is 104 Å². The van der Waals surface area contributed by atoms with Gasteiger partial charge in [-0.2, -0.15) is 0 Å². The van der Waals surface area contributed by atoms with Gasteiger partial charge < -0.3 is 10.0 Å². The molecule has 17 heavy (non-hydrogen) atoms. The summed E-state index contributed by atoms with van der Waals surface area (Å²) in [5, 5.41) is 9.76. The molecule has 1 aromatic heterocycles. The lowest BCUT2D eigenvalue weighted by Gasteiger charge is -2.31. The van der Waals surface area contributed by atoms with Crippen LogP contribution in [0.3, 0.4) is 0 Å². The molecule has 6 heteroatoms. The molecule has 1 atom stereocenters. The Morgan fingerprint density at radius 2 is 2.47 bits per heavy atom. The molecule has 0 saturated carbocycles. The first kappa shape index (κ1) is 12.2. The third-order valence-electron chi connectivity index (χ3n) is 2.90. The number of aliphatic carboxylic acids is 1. The van der Waals surface area contributed by atoms with Crippen molar-refractivity contribution < 1.29 is 9.90 Å². The molecule has 1 aromatic rings. The third-order valence-corrected chi connectivity index (χ3v) is 3.46. The van der Waals surface area contributed by atoms with Crippen molar-refractivity contribution in [2.24, 2.45) is 5.92 Å². The fourth-order valence-electron chi connectivity index (χ4n) is 1.99. The zero-order valence-electron chi connectivity index (χ0n) is 9.67. The summed E-state index contributed by atoms with van der Waals surface area (Å²) in [6.45, 7) is 1.41. The molecule has 0 unspecified atom stereocenters. The molecule has 1 fully saturated rings. The Balaban J connectivity index is 2.13. The van der Waals surface area contributed by atoms with E-state index in [1.165, 1.54) is 11.8 Å². The molecule has 1 aliphatic heterocycles. The Kier molecular flexibility index (Phi) is 3.83. The molecule has 0 spiro atoms. The molecular weight excluding hydrogens is 238 g/mol. The zero-order chi connectivity index (χ0) is 12.3. The van der Waals surface area contributed by atoms with E-state index in [2.05, 4.69) is 9.97 Å². The SMILES string of the molecule is CSc1nccc(N2CCC[C@H](C(=O)O)C2)n1. The Bertz CT molecular complexity index is 413. The lowest BCUT2D eigenvalue weighted by molar-refractivity contribution is -0.141. The highest BCUT2D eigenvalue weighted by atomic mass is 32.2. The van der Waals surface area contributed by atoms with Gasteiger partial charge in [-0.3, -0.25) is 4.79 Å². The maximum absolute atomic E-state index is 11.0. The van der Waals surface area contributed by atoms with Crippen LogP contribution in [0.1, 0.15) is 12.8 Å². The van der Waals surface area contributed by atoms with Gasteiger partial charge in [0.1, 0.15) is 5.82 Å². The molecule has 92 valence electrons. The molecule has 2 heterocycles. The van der Waals surface area contributed by atoms with Crippen LogP contribution in [-0.2, 0) is 4.79 Å². The quantitative estimate of drug-likeness (QED) is 0.650. The van der Waals surface area contributed by atoms with Crippen LogP contribution in [0.5, 0.6) is 0 Å². The summed E-state index contributed by atoms with van der Waals surface area (Å²) < 4.78 is 0. The Hall–Kier alpha value is -1.30. The van der Waals surface area contributed by atoms with Crippen molar-refractivity contribution in [2.45, 2.75) is 18.0 Å². The van der Waals surface area contributed by atoms with Crippen LogP contribution in [0.25, 0.3) is 0 Å². The van der Waals surface area contributed by atoms with E-state index in [1.54, 1.807) is 6.20 Å². The van der Waals surface area contributed by atoms with E-state index in [9.17, 15) is 4.79 Å². The van der Waals surface area contributed by atoms with Crippen LogP contribution in [-0.4, -0.2) is 40.4 Å². The fraction of sp³-hybridized carbons (Fsp3) is 0.545. The van der Waals surface area contributed by atoms with Crippen molar-refractivity contribution in [1.29, 1.82) is 0 Å². The number of carbonyl (C=O) groups is 1. The second-order valence-corrected chi connectivity index (χ2v) is 4.80. The summed E-state index contributed by atoms with van der Waals surface area (Å²) in [4.78, 5) is 21.5. The minimum Gasteiger partial charge on any atom is -0.481 e. The van der Waals surface area contributed by atoms with Crippen molar-refractivity contribution in [3.8, 4) is 0 Å².